The fourth-order valence-corrected chi connectivity index (χ4v) is 4.53. The Balaban J connectivity index is 1.43. The van der Waals surface area contributed by atoms with Gasteiger partial charge >= 0.3 is 0 Å². The SMILES string of the molecule is O=C(NCc1cccc2[nH]ccc12)[C@H]1CCCC[C@H]1C(=O)N1CCCC1. The summed E-state index contributed by atoms with van der Waals surface area (Å²) in [5, 5.41) is 4.24. The Morgan fingerprint density at radius 2 is 1.81 bits per heavy atom. The van der Waals surface area contributed by atoms with Gasteiger partial charge in [-0.25, -0.2) is 0 Å². The Bertz CT molecular complexity index is 791. The minimum atomic E-state index is -0.178. The lowest BCUT2D eigenvalue weighted by molar-refractivity contribution is -0.142. The van der Waals surface area contributed by atoms with Crippen LogP contribution in [0.5, 0.6) is 0 Å². The molecule has 0 spiro atoms. The molecule has 0 bridgehead atoms. The highest BCUT2D eigenvalue weighted by Gasteiger charge is 2.38. The van der Waals surface area contributed by atoms with Gasteiger partial charge in [0, 0.05) is 48.6 Å². The van der Waals surface area contributed by atoms with Crippen LogP contribution in [0.1, 0.15) is 44.1 Å². The Hall–Kier alpha value is -2.30. The van der Waals surface area contributed by atoms with Gasteiger partial charge in [0.15, 0.2) is 0 Å². The van der Waals surface area contributed by atoms with Crippen LogP contribution in [-0.2, 0) is 16.1 Å². The summed E-state index contributed by atoms with van der Waals surface area (Å²) in [5.74, 6) is -0.0722. The summed E-state index contributed by atoms with van der Waals surface area (Å²) in [6, 6.07) is 8.12. The van der Waals surface area contributed by atoms with Gasteiger partial charge in [0.1, 0.15) is 0 Å². The number of amides is 2. The number of hydrogen-bond donors (Lipinski definition) is 2. The highest BCUT2D eigenvalue weighted by atomic mass is 16.2. The second-order valence-electron chi connectivity index (χ2n) is 7.60. The van der Waals surface area contributed by atoms with Gasteiger partial charge in [-0.15, -0.1) is 0 Å². The number of nitrogens with one attached hydrogen (secondary N) is 2. The Morgan fingerprint density at radius 3 is 2.62 bits per heavy atom. The van der Waals surface area contributed by atoms with E-state index in [0.29, 0.717) is 6.54 Å². The second-order valence-corrected chi connectivity index (χ2v) is 7.60. The summed E-state index contributed by atoms with van der Waals surface area (Å²) in [6.45, 7) is 2.23. The molecule has 5 nitrogen and oxygen atoms in total. The number of hydrogen-bond acceptors (Lipinski definition) is 2. The van der Waals surface area contributed by atoms with Gasteiger partial charge < -0.3 is 15.2 Å². The number of benzene rings is 1. The van der Waals surface area contributed by atoms with Gasteiger partial charge in [-0.05, 0) is 43.4 Å². The zero-order valence-electron chi connectivity index (χ0n) is 15.2. The smallest absolute Gasteiger partial charge is 0.226 e. The van der Waals surface area contributed by atoms with Gasteiger partial charge in [0.2, 0.25) is 11.8 Å². The molecule has 5 heteroatoms. The molecule has 2 aromatic rings. The lowest BCUT2D eigenvalue weighted by Crippen LogP contribution is -2.44. The van der Waals surface area contributed by atoms with Gasteiger partial charge in [0.25, 0.3) is 0 Å². The van der Waals surface area contributed by atoms with Crippen molar-refractivity contribution < 1.29 is 9.59 Å². The molecule has 2 aliphatic rings. The third-order valence-electron chi connectivity index (χ3n) is 5.98. The van der Waals surface area contributed by atoms with Crippen LogP contribution in [0.2, 0.25) is 0 Å². The van der Waals surface area contributed by atoms with E-state index in [1.165, 1.54) is 0 Å². The Kier molecular flexibility index (Phi) is 4.96. The average Bonchev–Trinajstić information content (AvgIpc) is 3.37. The third kappa shape index (κ3) is 3.35. The first-order chi connectivity index (χ1) is 12.7. The number of fused-ring (bicyclic) bond motifs is 1. The first kappa shape index (κ1) is 17.1. The molecule has 1 saturated heterocycles. The molecule has 1 aliphatic heterocycles. The monoisotopic (exact) mass is 353 g/mol. The average molecular weight is 353 g/mol. The lowest BCUT2D eigenvalue weighted by Gasteiger charge is -2.32. The first-order valence-electron chi connectivity index (χ1n) is 9.85. The summed E-state index contributed by atoms with van der Waals surface area (Å²) in [7, 11) is 0. The van der Waals surface area contributed by atoms with Crippen molar-refractivity contribution in [2.75, 3.05) is 13.1 Å². The highest BCUT2D eigenvalue weighted by Crippen LogP contribution is 2.32. The molecule has 4 rings (SSSR count). The van der Waals surface area contributed by atoms with Crippen molar-refractivity contribution in [3.63, 3.8) is 0 Å². The van der Waals surface area contributed by atoms with E-state index in [1.807, 2.05) is 35.4 Å². The van der Waals surface area contributed by atoms with Crippen LogP contribution in [0.25, 0.3) is 10.9 Å². The number of carbonyl (C=O) groups excluding carboxylic acids is 2. The predicted molar refractivity (Wildman–Crippen MR) is 101 cm³/mol. The van der Waals surface area contributed by atoms with E-state index in [-0.39, 0.29) is 23.7 Å². The van der Waals surface area contributed by atoms with E-state index in [0.717, 1.165) is 68.1 Å². The number of aromatic nitrogens is 1. The van der Waals surface area contributed by atoms with Crippen molar-refractivity contribution in [2.24, 2.45) is 11.8 Å². The van der Waals surface area contributed by atoms with Crippen molar-refractivity contribution >= 4 is 22.7 Å². The summed E-state index contributed by atoms with van der Waals surface area (Å²) in [6.07, 6.45) is 7.87. The number of carbonyl (C=O) groups is 2. The highest BCUT2D eigenvalue weighted by molar-refractivity contribution is 5.88. The second kappa shape index (κ2) is 7.52. The summed E-state index contributed by atoms with van der Waals surface area (Å²) >= 11 is 0. The number of H-pyrrole nitrogens is 1. The molecule has 2 heterocycles. The fourth-order valence-electron chi connectivity index (χ4n) is 4.53. The van der Waals surface area contributed by atoms with Crippen LogP contribution in [0.4, 0.5) is 0 Å². The fraction of sp³-hybridized carbons (Fsp3) is 0.524. The van der Waals surface area contributed by atoms with E-state index >= 15 is 0 Å². The number of nitrogens with zero attached hydrogens (tertiary/aromatic N) is 1. The maximum absolute atomic E-state index is 12.9. The normalized spacial score (nSPS) is 23.3. The zero-order chi connectivity index (χ0) is 17.9. The van der Waals surface area contributed by atoms with Crippen LogP contribution in [0, 0.1) is 11.8 Å². The first-order valence-corrected chi connectivity index (χ1v) is 9.85. The van der Waals surface area contributed by atoms with Crippen LogP contribution in [0.3, 0.4) is 0 Å². The molecule has 0 unspecified atom stereocenters. The number of likely N-dealkylation sites (tertiary alicyclic amines) is 1. The van der Waals surface area contributed by atoms with Crippen molar-refractivity contribution in [2.45, 2.75) is 45.1 Å². The zero-order valence-corrected chi connectivity index (χ0v) is 15.2. The van der Waals surface area contributed by atoms with Crippen LogP contribution >= 0.6 is 0 Å². The molecular formula is C21H27N3O2. The topological polar surface area (TPSA) is 65.2 Å². The maximum atomic E-state index is 12.9. The van der Waals surface area contributed by atoms with Crippen LogP contribution in [0.15, 0.2) is 30.5 Å². The van der Waals surface area contributed by atoms with Crippen molar-refractivity contribution in [3.05, 3.63) is 36.0 Å². The van der Waals surface area contributed by atoms with Crippen LogP contribution < -0.4 is 5.32 Å². The van der Waals surface area contributed by atoms with E-state index in [9.17, 15) is 9.59 Å². The number of rotatable bonds is 4. The van der Waals surface area contributed by atoms with Crippen molar-refractivity contribution in [1.82, 2.24) is 15.2 Å². The van der Waals surface area contributed by atoms with Gasteiger partial charge in [-0.2, -0.15) is 0 Å². The van der Waals surface area contributed by atoms with Crippen LogP contribution in [-0.4, -0.2) is 34.8 Å². The largest absolute Gasteiger partial charge is 0.361 e. The Labute approximate surface area is 154 Å². The summed E-state index contributed by atoms with van der Waals surface area (Å²) < 4.78 is 0. The minimum Gasteiger partial charge on any atom is -0.361 e. The Morgan fingerprint density at radius 1 is 1.04 bits per heavy atom. The van der Waals surface area contributed by atoms with E-state index < -0.39 is 0 Å². The minimum absolute atomic E-state index is 0.0368. The molecule has 26 heavy (non-hydrogen) atoms. The molecule has 2 fully saturated rings. The molecule has 1 aliphatic carbocycles. The van der Waals surface area contributed by atoms with Gasteiger partial charge in [-0.1, -0.05) is 25.0 Å². The van der Waals surface area contributed by atoms with E-state index in [4.69, 9.17) is 0 Å². The molecule has 1 aromatic carbocycles. The molecule has 0 radical (unpaired) electrons. The molecule has 1 saturated carbocycles. The summed E-state index contributed by atoms with van der Waals surface area (Å²) in [5.41, 5.74) is 2.19. The van der Waals surface area contributed by atoms with E-state index in [1.54, 1.807) is 0 Å². The maximum Gasteiger partial charge on any atom is 0.226 e. The molecule has 2 N–H and O–H groups in total. The number of aromatic amines is 1. The standard InChI is InChI=1S/C21H27N3O2/c25-20(23-14-15-6-5-9-19-16(15)10-11-22-19)17-7-1-2-8-18(17)21(26)24-12-3-4-13-24/h5-6,9-11,17-18,22H,1-4,7-8,12-14H2,(H,23,25)/t17-,18+/m0/s1. The third-order valence-corrected chi connectivity index (χ3v) is 5.98. The molecule has 2 amide bonds. The van der Waals surface area contributed by atoms with Crippen molar-refractivity contribution in [3.8, 4) is 0 Å². The quantitative estimate of drug-likeness (QED) is 0.886. The van der Waals surface area contributed by atoms with Gasteiger partial charge in [0.05, 0.1) is 0 Å². The van der Waals surface area contributed by atoms with Gasteiger partial charge in [-0.3, -0.25) is 9.59 Å². The molecule has 2 atom stereocenters. The molecule has 138 valence electrons. The molecule has 1 aromatic heterocycles. The lowest BCUT2D eigenvalue weighted by atomic mass is 9.78. The van der Waals surface area contributed by atoms with Crippen molar-refractivity contribution in [1.29, 1.82) is 0 Å². The predicted octanol–water partition coefficient (Wildman–Crippen LogP) is 3.21. The van der Waals surface area contributed by atoms with E-state index in [2.05, 4.69) is 10.3 Å². The summed E-state index contributed by atoms with van der Waals surface area (Å²) in [4.78, 5) is 30.9. The molecular weight excluding hydrogens is 326 g/mol.